The molecule has 0 aliphatic heterocycles. The normalized spacial score (nSPS) is 13.9. The van der Waals surface area contributed by atoms with E-state index in [1.807, 2.05) is 0 Å². The maximum absolute atomic E-state index is 13.1. The second-order valence-electron chi connectivity index (χ2n) is 29.2. The third-order valence-corrected chi connectivity index (χ3v) is 20.9. The smallest absolute Gasteiger partial charge is 0.462 e. The SMILES string of the molecule is CCCCC/C=C\C/C=C\CCCCCCCC(=O)OC[C@H](COP(=O)(O)OC[C@H](O)COP(=O)(O)OC[C@@H](COC(=O)CCCCCCCCCCCCCCC)OC(=O)CCCCCCCCCCCCCCCCCCC)OC(=O)CCCCCCCCCCCCCCCCCCC. The number of rotatable bonds is 82. The summed E-state index contributed by atoms with van der Waals surface area (Å²) in [5.74, 6) is -2.13. The van der Waals surface area contributed by atoms with Crippen LogP contribution in [0.25, 0.3) is 0 Å². The molecule has 0 heterocycles. The van der Waals surface area contributed by atoms with E-state index in [0.29, 0.717) is 25.7 Å². The van der Waals surface area contributed by atoms with Crippen molar-refractivity contribution >= 4 is 39.5 Å². The Morgan fingerprint density at radius 2 is 0.480 bits per heavy atom. The molecule has 0 aromatic heterocycles. The molecule has 0 saturated carbocycles. The van der Waals surface area contributed by atoms with Crippen LogP contribution in [0.15, 0.2) is 24.3 Å². The summed E-state index contributed by atoms with van der Waals surface area (Å²) in [7, 11) is -9.93. The summed E-state index contributed by atoms with van der Waals surface area (Å²) in [6.45, 7) is 4.98. The Labute approximate surface area is 624 Å². The van der Waals surface area contributed by atoms with E-state index >= 15 is 0 Å². The number of phosphoric acid groups is 2. The second kappa shape index (κ2) is 76.7. The van der Waals surface area contributed by atoms with Crippen LogP contribution in [0.1, 0.15) is 426 Å². The molecule has 5 atom stereocenters. The summed E-state index contributed by atoms with van der Waals surface area (Å²) in [6.07, 6.45) is 72.8. The van der Waals surface area contributed by atoms with Crippen molar-refractivity contribution in [1.82, 2.24) is 0 Å². The molecule has 0 fully saturated rings. The number of hydrogen-bond donors (Lipinski definition) is 3. The number of unbranched alkanes of at least 4 members (excludes halogenated alkanes) is 52. The first-order valence-electron chi connectivity index (χ1n) is 42.6. The predicted octanol–water partition coefficient (Wildman–Crippen LogP) is 24.9. The van der Waals surface area contributed by atoms with Gasteiger partial charge in [0.1, 0.15) is 19.3 Å². The maximum atomic E-state index is 13.1. The van der Waals surface area contributed by atoms with Crippen molar-refractivity contribution in [3.05, 3.63) is 24.3 Å². The van der Waals surface area contributed by atoms with E-state index in [1.165, 1.54) is 231 Å². The van der Waals surface area contributed by atoms with Gasteiger partial charge in [0.15, 0.2) is 12.2 Å². The Hall–Kier alpha value is -2.46. The van der Waals surface area contributed by atoms with Gasteiger partial charge < -0.3 is 33.8 Å². The number of aliphatic hydroxyl groups is 1. The highest BCUT2D eigenvalue weighted by molar-refractivity contribution is 7.47. The number of carbonyl (C=O) groups excluding carboxylic acids is 4. The lowest BCUT2D eigenvalue weighted by Crippen LogP contribution is -2.30. The van der Waals surface area contributed by atoms with Crippen LogP contribution in [-0.2, 0) is 65.4 Å². The molecule has 0 aromatic carbocycles. The number of allylic oxidation sites excluding steroid dienone is 4. The minimum Gasteiger partial charge on any atom is -0.462 e. The third kappa shape index (κ3) is 75.8. The van der Waals surface area contributed by atoms with Gasteiger partial charge in [0.2, 0.25) is 0 Å². The number of carbonyl (C=O) groups is 4. The highest BCUT2D eigenvalue weighted by Gasteiger charge is 2.30. The summed E-state index contributed by atoms with van der Waals surface area (Å²) in [6, 6.07) is 0. The molecule has 0 radical (unpaired) electrons. The van der Waals surface area contributed by atoms with Gasteiger partial charge >= 0.3 is 39.5 Å². The molecule has 602 valence electrons. The van der Waals surface area contributed by atoms with E-state index in [-0.39, 0.29) is 25.7 Å². The monoisotopic (exact) mass is 1490 g/mol. The summed E-state index contributed by atoms with van der Waals surface area (Å²) >= 11 is 0. The van der Waals surface area contributed by atoms with E-state index < -0.39 is 97.5 Å². The largest absolute Gasteiger partial charge is 0.472 e. The van der Waals surface area contributed by atoms with E-state index in [0.717, 1.165) is 116 Å². The van der Waals surface area contributed by atoms with Crippen LogP contribution in [0.3, 0.4) is 0 Å². The Morgan fingerprint density at radius 3 is 0.745 bits per heavy atom. The number of hydrogen-bond acceptors (Lipinski definition) is 15. The molecule has 17 nitrogen and oxygen atoms in total. The van der Waals surface area contributed by atoms with Gasteiger partial charge in [0.05, 0.1) is 26.4 Å². The molecule has 0 bridgehead atoms. The van der Waals surface area contributed by atoms with Crippen molar-refractivity contribution in [2.75, 3.05) is 39.6 Å². The Balaban J connectivity index is 5.29. The lowest BCUT2D eigenvalue weighted by Gasteiger charge is -2.21. The molecule has 0 amide bonds. The molecule has 0 saturated heterocycles. The van der Waals surface area contributed by atoms with E-state index in [1.54, 1.807) is 0 Å². The summed E-state index contributed by atoms with van der Waals surface area (Å²) in [5, 5.41) is 10.7. The van der Waals surface area contributed by atoms with Crippen LogP contribution in [0.4, 0.5) is 0 Å². The first-order valence-corrected chi connectivity index (χ1v) is 45.6. The molecule has 0 spiro atoms. The van der Waals surface area contributed by atoms with Crippen LogP contribution in [0.5, 0.6) is 0 Å². The van der Waals surface area contributed by atoms with E-state index in [2.05, 4.69) is 52.0 Å². The molecular formula is C83H158O17P2. The summed E-state index contributed by atoms with van der Waals surface area (Å²) < 4.78 is 68.8. The molecular weight excluding hydrogens is 1330 g/mol. The number of phosphoric ester groups is 2. The van der Waals surface area contributed by atoms with Crippen molar-refractivity contribution < 1.29 is 80.2 Å². The highest BCUT2D eigenvalue weighted by Crippen LogP contribution is 2.45. The zero-order chi connectivity index (χ0) is 74.6. The van der Waals surface area contributed by atoms with Gasteiger partial charge in [0.25, 0.3) is 0 Å². The van der Waals surface area contributed by atoms with Crippen molar-refractivity contribution in [2.24, 2.45) is 0 Å². The van der Waals surface area contributed by atoms with Gasteiger partial charge in [-0.05, 0) is 57.8 Å². The second-order valence-corrected chi connectivity index (χ2v) is 32.1. The third-order valence-electron chi connectivity index (χ3n) is 18.9. The van der Waals surface area contributed by atoms with Crippen molar-refractivity contribution in [1.29, 1.82) is 0 Å². The Bertz CT molecular complexity index is 2020. The van der Waals surface area contributed by atoms with E-state index in [4.69, 9.17) is 37.0 Å². The molecule has 2 unspecified atom stereocenters. The van der Waals surface area contributed by atoms with Gasteiger partial charge in [-0.15, -0.1) is 0 Å². The average molecular weight is 1490 g/mol. The minimum absolute atomic E-state index is 0.103. The first kappa shape index (κ1) is 99.5. The van der Waals surface area contributed by atoms with Crippen LogP contribution in [-0.4, -0.2) is 96.7 Å². The quantitative estimate of drug-likeness (QED) is 0.0169. The van der Waals surface area contributed by atoms with Crippen molar-refractivity contribution in [3.63, 3.8) is 0 Å². The fourth-order valence-electron chi connectivity index (χ4n) is 12.4. The lowest BCUT2D eigenvalue weighted by molar-refractivity contribution is -0.161. The van der Waals surface area contributed by atoms with Gasteiger partial charge in [-0.25, -0.2) is 9.13 Å². The summed E-state index contributed by atoms with van der Waals surface area (Å²) in [5.41, 5.74) is 0. The average Bonchev–Trinajstić information content (AvgIpc) is 0.951. The van der Waals surface area contributed by atoms with Crippen molar-refractivity contribution in [2.45, 2.75) is 444 Å². The Kier molecular flexibility index (Phi) is 74.9. The zero-order valence-electron chi connectivity index (χ0n) is 66.1. The molecule has 3 N–H and O–H groups in total. The zero-order valence-corrected chi connectivity index (χ0v) is 67.9. The van der Waals surface area contributed by atoms with Crippen LogP contribution in [0.2, 0.25) is 0 Å². The minimum atomic E-state index is -4.97. The van der Waals surface area contributed by atoms with E-state index in [9.17, 15) is 43.2 Å². The van der Waals surface area contributed by atoms with Gasteiger partial charge in [-0.2, -0.15) is 0 Å². The highest BCUT2D eigenvalue weighted by atomic mass is 31.2. The molecule has 102 heavy (non-hydrogen) atoms. The first-order chi connectivity index (χ1) is 49.7. The predicted molar refractivity (Wildman–Crippen MR) is 418 cm³/mol. The number of ether oxygens (including phenoxy) is 4. The molecule has 0 aliphatic carbocycles. The molecule has 0 aliphatic rings. The standard InChI is InChI=1S/C83H158O17P2/c1-5-9-13-17-21-25-29-33-36-38-41-45-49-53-57-61-65-69-82(87)99-78(73-93-80(85)67-63-59-55-51-47-43-32-28-24-20-16-12-8-4)75-97-101(89,90)95-71-77(84)72-96-102(91,92)98-76-79(74-94-81(86)68-64-60-56-52-48-44-40-35-31-27-23-19-15-11-7-3)100-83(88)70-66-62-58-54-50-46-42-39-37-34-30-26-22-18-14-10-6-2/h23,27,35,40,77-79,84H,5-22,24-26,28-34,36-39,41-76H2,1-4H3,(H,89,90)(H,91,92)/b27-23-,40-35-/t77-,78-,79-/m1/s1. The van der Waals surface area contributed by atoms with Crippen molar-refractivity contribution in [3.8, 4) is 0 Å². The summed E-state index contributed by atoms with van der Waals surface area (Å²) in [4.78, 5) is 73.1. The van der Waals surface area contributed by atoms with Crippen LogP contribution < -0.4 is 0 Å². The maximum Gasteiger partial charge on any atom is 0.472 e. The number of esters is 4. The fraction of sp³-hybridized carbons (Fsp3) is 0.904. The Morgan fingerprint density at radius 1 is 0.275 bits per heavy atom. The number of aliphatic hydroxyl groups excluding tert-OH is 1. The van der Waals surface area contributed by atoms with Gasteiger partial charge in [-0.3, -0.25) is 37.3 Å². The van der Waals surface area contributed by atoms with Crippen LogP contribution >= 0.6 is 15.6 Å². The lowest BCUT2D eigenvalue weighted by atomic mass is 10.0. The molecule has 0 rings (SSSR count). The topological polar surface area (TPSA) is 237 Å². The van der Waals surface area contributed by atoms with Crippen LogP contribution in [0, 0.1) is 0 Å². The van der Waals surface area contributed by atoms with Gasteiger partial charge in [-0.1, -0.05) is 367 Å². The molecule has 19 heteroatoms. The molecule has 0 aromatic rings. The van der Waals surface area contributed by atoms with Gasteiger partial charge in [0, 0.05) is 25.7 Å². The fourth-order valence-corrected chi connectivity index (χ4v) is 14.0.